The summed E-state index contributed by atoms with van der Waals surface area (Å²) < 4.78 is 0. The van der Waals surface area contributed by atoms with E-state index in [1.54, 1.807) is 0 Å². The van der Waals surface area contributed by atoms with Crippen LogP contribution in [0.1, 0.15) is 52.4 Å². The van der Waals surface area contributed by atoms with Gasteiger partial charge in [0.05, 0.1) is 0 Å². The number of rotatable bonds is 9. The molecule has 0 radical (unpaired) electrons. The first-order chi connectivity index (χ1) is 9.00. The van der Waals surface area contributed by atoms with E-state index in [0.29, 0.717) is 24.9 Å². The van der Waals surface area contributed by atoms with Crippen LogP contribution in [-0.4, -0.2) is 41.1 Å². The molecule has 0 aromatic heterocycles. The number of hydrogen-bond acceptors (Lipinski definition) is 2. The smallest absolute Gasteiger partial charge is 0.317 e. The van der Waals surface area contributed by atoms with E-state index in [9.17, 15) is 9.59 Å². The molecule has 2 amide bonds. The van der Waals surface area contributed by atoms with Crippen LogP contribution in [0.15, 0.2) is 0 Å². The number of nitrogens with one attached hydrogen (secondary N) is 1. The molecule has 0 heterocycles. The van der Waals surface area contributed by atoms with Gasteiger partial charge in [0.2, 0.25) is 0 Å². The number of carbonyl (C=O) groups excluding carboxylic acids is 1. The number of amides is 2. The van der Waals surface area contributed by atoms with Crippen molar-refractivity contribution >= 4 is 12.0 Å². The van der Waals surface area contributed by atoms with Gasteiger partial charge in [0.1, 0.15) is 0 Å². The van der Waals surface area contributed by atoms with Gasteiger partial charge in [0.15, 0.2) is 0 Å². The number of unbranched alkanes of at least 4 members (excludes halogenated alkanes) is 2. The lowest BCUT2D eigenvalue weighted by Gasteiger charge is -2.24. The van der Waals surface area contributed by atoms with Crippen LogP contribution in [0.2, 0.25) is 0 Å². The minimum absolute atomic E-state index is 0.0365. The summed E-state index contributed by atoms with van der Waals surface area (Å²) in [6.07, 6.45) is 4.84. The Morgan fingerprint density at radius 3 is 2.47 bits per heavy atom. The summed E-state index contributed by atoms with van der Waals surface area (Å²) in [5, 5.41) is 11.4. The Kier molecular flexibility index (Phi) is 6.67. The van der Waals surface area contributed by atoms with Crippen molar-refractivity contribution in [3.05, 3.63) is 0 Å². The molecule has 1 saturated carbocycles. The van der Waals surface area contributed by atoms with Crippen LogP contribution in [0.25, 0.3) is 0 Å². The number of aliphatic carboxylic acids is 1. The highest BCUT2D eigenvalue weighted by Crippen LogP contribution is 2.27. The van der Waals surface area contributed by atoms with Crippen molar-refractivity contribution in [2.24, 2.45) is 5.92 Å². The van der Waals surface area contributed by atoms with E-state index >= 15 is 0 Å². The number of hydrogen-bond donors (Lipinski definition) is 2. The Morgan fingerprint density at radius 2 is 1.95 bits per heavy atom. The molecule has 1 aliphatic carbocycles. The molecule has 1 aliphatic rings. The molecule has 2 N–H and O–H groups in total. The number of carbonyl (C=O) groups is 2. The maximum absolute atomic E-state index is 12.0. The Morgan fingerprint density at radius 1 is 1.26 bits per heavy atom. The third kappa shape index (κ3) is 7.03. The van der Waals surface area contributed by atoms with Crippen LogP contribution in [0, 0.1) is 5.92 Å². The van der Waals surface area contributed by atoms with E-state index in [1.165, 1.54) is 0 Å². The molecule has 0 atom stereocenters. The maximum Gasteiger partial charge on any atom is 0.317 e. The van der Waals surface area contributed by atoms with Crippen molar-refractivity contribution in [3.63, 3.8) is 0 Å². The number of urea groups is 1. The predicted octanol–water partition coefficient (Wildman–Crippen LogP) is 2.46. The van der Waals surface area contributed by atoms with E-state index in [2.05, 4.69) is 19.2 Å². The first-order valence-corrected chi connectivity index (χ1v) is 7.27. The van der Waals surface area contributed by atoms with E-state index in [4.69, 9.17) is 5.11 Å². The fourth-order valence-electron chi connectivity index (χ4n) is 2.05. The highest BCUT2D eigenvalue weighted by molar-refractivity contribution is 5.74. The molecule has 19 heavy (non-hydrogen) atoms. The molecule has 0 bridgehead atoms. The van der Waals surface area contributed by atoms with Crippen LogP contribution in [0.5, 0.6) is 0 Å². The molecular weight excluding hydrogens is 244 g/mol. The highest BCUT2D eigenvalue weighted by Gasteiger charge is 2.32. The third-order valence-electron chi connectivity index (χ3n) is 3.15. The minimum Gasteiger partial charge on any atom is -0.481 e. The highest BCUT2D eigenvalue weighted by atomic mass is 16.4. The van der Waals surface area contributed by atoms with Crippen molar-refractivity contribution in [2.45, 2.75) is 58.4 Å². The average molecular weight is 270 g/mol. The molecule has 0 aromatic rings. The first-order valence-electron chi connectivity index (χ1n) is 7.27. The van der Waals surface area contributed by atoms with Gasteiger partial charge in [0, 0.05) is 25.6 Å². The van der Waals surface area contributed by atoms with Gasteiger partial charge < -0.3 is 15.3 Å². The van der Waals surface area contributed by atoms with Crippen molar-refractivity contribution in [1.82, 2.24) is 10.2 Å². The van der Waals surface area contributed by atoms with Crippen molar-refractivity contribution in [2.75, 3.05) is 13.1 Å². The summed E-state index contributed by atoms with van der Waals surface area (Å²) in [6, 6.07) is 0.476. The second-order valence-corrected chi connectivity index (χ2v) is 5.71. The summed E-state index contributed by atoms with van der Waals surface area (Å²) >= 11 is 0. The zero-order valence-electron chi connectivity index (χ0n) is 12.0. The molecule has 1 fully saturated rings. The number of nitrogens with zero attached hydrogens (tertiary/aromatic N) is 1. The summed E-state index contributed by atoms with van der Waals surface area (Å²) in [7, 11) is 0. The largest absolute Gasteiger partial charge is 0.481 e. The lowest BCUT2D eigenvalue weighted by molar-refractivity contribution is -0.137. The van der Waals surface area contributed by atoms with E-state index < -0.39 is 5.97 Å². The normalized spacial score (nSPS) is 14.5. The van der Waals surface area contributed by atoms with Gasteiger partial charge in [-0.25, -0.2) is 4.79 Å². The molecule has 110 valence electrons. The molecule has 0 aromatic carbocycles. The van der Waals surface area contributed by atoms with Crippen LogP contribution in [0.4, 0.5) is 4.79 Å². The number of carboxylic acid groups (broad SMARTS) is 1. The van der Waals surface area contributed by atoms with E-state index in [1.807, 2.05) is 4.90 Å². The molecule has 0 unspecified atom stereocenters. The van der Waals surface area contributed by atoms with Gasteiger partial charge in [-0.1, -0.05) is 20.3 Å². The molecular formula is C14H26N2O3. The summed E-state index contributed by atoms with van der Waals surface area (Å²) in [6.45, 7) is 5.69. The molecule has 0 saturated heterocycles. The Balaban J connectivity index is 2.12. The summed E-state index contributed by atoms with van der Waals surface area (Å²) in [5.74, 6) is -0.261. The minimum atomic E-state index is -0.749. The van der Waals surface area contributed by atoms with Crippen molar-refractivity contribution in [3.8, 4) is 0 Å². The number of carboxylic acids is 1. The van der Waals surface area contributed by atoms with E-state index in [0.717, 1.165) is 32.2 Å². The summed E-state index contributed by atoms with van der Waals surface area (Å²) in [4.78, 5) is 24.3. The zero-order chi connectivity index (χ0) is 14.3. The Hall–Kier alpha value is -1.26. The second kappa shape index (κ2) is 8.02. The van der Waals surface area contributed by atoms with Gasteiger partial charge in [0.25, 0.3) is 0 Å². The van der Waals surface area contributed by atoms with Gasteiger partial charge in [-0.15, -0.1) is 0 Å². The third-order valence-corrected chi connectivity index (χ3v) is 3.15. The fourth-order valence-corrected chi connectivity index (χ4v) is 2.05. The maximum atomic E-state index is 12.0. The average Bonchev–Trinajstić information content (AvgIpc) is 3.13. The second-order valence-electron chi connectivity index (χ2n) is 5.71. The Labute approximate surface area is 115 Å². The van der Waals surface area contributed by atoms with Crippen LogP contribution in [0.3, 0.4) is 0 Å². The topological polar surface area (TPSA) is 69.6 Å². The Bertz CT molecular complexity index is 301. The van der Waals surface area contributed by atoms with E-state index in [-0.39, 0.29) is 12.5 Å². The zero-order valence-corrected chi connectivity index (χ0v) is 12.0. The molecule has 1 rings (SSSR count). The predicted molar refractivity (Wildman–Crippen MR) is 74.1 cm³/mol. The lowest BCUT2D eigenvalue weighted by atomic mass is 10.2. The quantitative estimate of drug-likeness (QED) is 0.632. The van der Waals surface area contributed by atoms with Crippen LogP contribution < -0.4 is 5.32 Å². The fraction of sp³-hybridized carbons (Fsp3) is 0.857. The standard InChI is InChI=1S/C14H26N2O3/c1-11(2)10-16(12-7-8-12)14(19)15-9-5-3-4-6-13(17)18/h11-12H,3-10H2,1-2H3,(H,15,19)(H,17,18). The molecule has 5 heteroatoms. The van der Waals surface area contributed by atoms with Crippen LogP contribution in [-0.2, 0) is 4.79 Å². The SMILES string of the molecule is CC(C)CN(C(=O)NCCCCCC(=O)O)C1CC1. The van der Waals surface area contributed by atoms with Crippen molar-refractivity contribution in [1.29, 1.82) is 0 Å². The monoisotopic (exact) mass is 270 g/mol. The van der Waals surface area contributed by atoms with Crippen LogP contribution >= 0.6 is 0 Å². The molecule has 0 aliphatic heterocycles. The van der Waals surface area contributed by atoms with Gasteiger partial charge in [-0.05, 0) is 31.6 Å². The molecule has 0 spiro atoms. The molecule has 5 nitrogen and oxygen atoms in total. The van der Waals surface area contributed by atoms with Gasteiger partial charge in [-0.2, -0.15) is 0 Å². The lowest BCUT2D eigenvalue weighted by Crippen LogP contribution is -2.43. The first kappa shape index (κ1) is 15.8. The van der Waals surface area contributed by atoms with Gasteiger partial charge >= 0.3 is 12.0 Å². The summed E-state index contributed by atoms with van der Waals surface area (Å²) in [5.41, 5.74) is 0. The van der Waals surface area contributed by atoms with Gasteiger partial charge in [-0.3, -0.25) is 4.79 Å². The van der Waals surface area contributed by atoms with Crippen molar-refractivity contribution < 1.29 is 14.7 Å².